The number of benzene rings is 1. The fourth-order valence-corrected chi connectivity index (χ4v) is 1.02. The van der Waals surface area contributed by atoms with Gasteiger partial charge in [0.1, 0.15) is 0 Å². The summed E-state index contributed by atoms with van der Waals surface area (Å²) in [4.78, 5) is 0. The maximum Gasteiger partial charge on any atom is 0.160 e. The molecule has 0 heterocycles. The molecule has 3 nitrogen and oxygen atoms in total. The van der Waals surface area contributed by atoms with Crippen molar-refractivity contribution < 1.29 is 14.9 Å². The number of rotatable bonds is 3. The van der Waals surface area contributed by atoms with Gasteiger partial charge < -0.3 is 14.9 Å². The highest BCUT2D eigenvalue weighted by molar-refractivity contribution is 5.42. The predicted molar refractivity (Wildman–Crippen MR) is 61.3 cm³/mol. The molecule has 0 aliphatic rings. The molecule has 0 spiro atoms. The van der Waals surface area contributed by atoms with Crippen LogP contribution in [0.4, 0.5) is 0 Å². The molecule has 0 aliphatic heterocycles. The van der Waals surface area contributed by atoms with Crippen molar-refractivity contribution in [2.45, 2.75) is 13.3 Å². The SMILES string of the molecule is C=CCc1ccc(O)c(OC)c1.CCO. The van der Waals surface area contributed by atoms with Crippen LogP contribution in [-0.2, 0) is 6.42 Å². The molecule has 84 valence electrons. The minimum absolute atomic E-state index is 0.172. The summed E-state index contributed by atoms with van der Waals surface area (Å²) >= 11 is 0. The van der Waals surface area contributed by atoms with Gasteiger partial charge in [0.15, 0.2) is 11.5 Å². The fraction of sp³-hybridized carbons (Fsp3) is 0.333. The van der Waals surface area contributed by atoms with Crippen molar-refractivity contribution in [2.75, 3.05) is 13.7 Å². The van der Waals surface area contributed by atoms with Crippen LogP contribution in [-0.4, -0.2) is 23.9 Å². The van der Waals surface area contributed by atoms with E-state index in [1.165, 1.54) is 7.11 Å². The van der Waals surface area contributed by atoms with Gasteiger partial charge in [-0.05, 0) is 31.0 Å². The molecule has 0 unspecified atom stereocenters. The van der Waals surface area contributed by atoms with Gasteiger partial charge >= 0.3 is 0 Å². The third-order valence-electron chi connectivity index (χ3n) is 1.62. The first kappa shape index (κ1) is 13.5. The van der Waals surface area contributed by atoms with Gasteiger partial charge in [-0.15, -0.1) is 6.58 Å². The second-order valence-electron chi connectivity index (χ2n) is 2.82. The molecule has 0 aliphatic carbocycles. The molecule has 0 aromatic heterocycles. The van der Waals surface area contributed by atoms with Crippen molar-refractivity contribution >= 4 is 0 Å². The average molecular weight is 210 g/mol. The first-order valence-electron chi connectivity index (χ1n) is 4.77. The number of ether oxygens (including phenoxy) is 1. The zero-order valence-electron chi connectivity index (χ0n) is 9.23. The minimum Gasteiger partial charge on any atom is -0.504 e. The number of hydrogen-bond donors (Lipinski definition) is 2. The second-order valence-corrected chi connectivity index (χ2v) is 2.82. The Bertz CT molecular complexity index is 295. The number of aromatic hydroxyl groups is 1. The zero-order valence-corrected chi connectivity index (χ0v) is 9.23. The molecular formula is C12H18O3. The van der Waals surface area contributed by atoms with Gasteiger partial charge in [-0.3, -0.25) is 0 Å². The Morgan fingerprint density at radius 3 is 2.53 bits per heavy atom. The van der Waals surface area contributed by atoms with E-state index in [-0.39, 0.29) is 12.4 Å². The minimum atomic E-state index is 0.172. The Hall–Kier alpha value is -1.48. The van der Waals surface area contributed by atoms with E-state index in [0.29, 0.717) is 5.75 Å². The van der Waals surface area contributed by atoms with Gasteiger partial charge in [-0.2, -0.15) is 0 Å². The second kappa shape index (κ2) is 7.88. The zero-order chi connectivity index (χ0) is 11.7. The summed E-state index contributed by atoms with van der Waals surface area (Å²) in [7, 11) is 1.53. The van der Waals surface area contributed by atoms with Crippen LogP contribution in [0.2, 0.25) is 0 Å². The van der Waals surface area contributed by atoms with Crippen molar-refractivity contribution in [3.8, 4) is 11.5 Å². The summed E-state index contributed by atoms with van der Waals surface area (Å²) < 4.78 is 4.95. The van der Waals surface area contributed by atoms with Crippen LogP contribution in [0.1, 0.15) is 12.5 Å². The lowest BCUT2D eigenvalue weighted by Crippen LogP contribution is -1.86. The summed E-state index contributed by atoms with van der Waals surface area (Å²) in [6.45, 7) is 5.56. The topological polar surface area (TPSA) is 49.7 Å². The number of phenols is 1. The monoisotopic (exact) mass is 210 g/mol. The van der Waals surface area contributed by atoms with Crippen LogP contribution in [0, 0.1) is 0 Å². The molecule has 1 aromatic carbocycles. The molecule has 3 heteroatoms. The van der Waals surface area contributed by atoms with Crippen molar-refractivity contribution in [2.24, 2.45) is 0 Å². The van der Waals surface area contributed by atoms with Crippen molar-refractivity contribution in [3.63, 3.8) is 0 Å². The van der Waals surface area contributed by atoms with E-state index in [2.05, 4.69) is 6.58 Å². The third-order valence-corrected chi connectivity index (χ3v) is 1.62. The number of aliphatic hydroxyl groups is 1. The summed E-state index contributed by atoms with van der Waals surface area (Å²) in [5, 5.41) is 16.8. The van der Waals surface area contributed by atoms with Crippen molar-refractivity contribution in [3.05, 3.63) is 36.4 Å². The molecule has 1 rings (SSSR count). The highest BCUT2D eigenvalue weighted by Gasteiger charge is 2.00. The first-order chi connectivity index (χ1) is 7.19. The highest BCUT2D eigenvalue weighted by Crippen LogP contribution is 2.26. The quantitative estimate of drug-likeness (QED) is 0.751. The molecule has 0 saturated carbocycles. The smallest absolute Gasteiger partial charge is 0.160 e. The maximum absolute atomic E-state index is 9.25. The number of hydrogen-bond acceptors (Lipinski definition) is 3. The standard InChI is InChI=1S/C10H12O2.C2H6O/c1-3-4-8-5-6-9(11)10(7-8)12-2;1-2-3/h3,5-7,11H,1,4H2,2H3;3H,2H2,1H3. The number of allylic oxidation sites excluding steroid dienone is 1. The van der Waals surface area contributed by atoms with Gasteiger partial charge in [0, 0.05) is 6.61 Å². The Morgan fingerprint density at radius 2 is 2.07 bits per heavy atom. The average Bonchev–Trinajstić information content (AvgIpc) is 2.22. The lowest BCUT2D eigenvalue weighted by molar-refractivity contribution is 0.318. The summed E-state index contributed by atoms with van der Waals surface area (Å²) in [5.74, 6) is 0.680. The lowest BCUT2D eigenvalue weighted by Gasteiger charge is -2.04. The van der Waals surface area contributed by atoms with Gasteiger partial charge in [0.05, 0.1) is 7.11 Å². The Labute approximate surface area is 90.6 Å². The fourth-order valence-electron chi connectivity index (χ4n) is 1.02. The molecule has 2 N–H and O–H groups in total. The number of methoxy groups -OCH3 is 1. The van der Waals surface area contributed by atoms with E-state index >= 15 is 0 Å². The van der Waals surface area contributed by atoms with E-state index in [1.54, 1.807) is 19.1 Å². The molecule has 15 heavy (non-hydrogen) atoms. The van der Waals surface area contributed by atoms with Gasteiger partial charge in [0.25, 0.3) is 0 Å². The largest absolute Gasteiger partial charge is 0.504 e. The normalized spacial score (nSPS) is 8.73. The highest BCUT2D eigenvalue weighted by atomic mass is 16.5. The molecule has 1 aromatic rings. The Kier molecular flexibility index (Phi) is 7.10. The van der Waals surface area contributed by atoms with Crippen LogP contribution in [0.25, 0.3) is 0 Å². The molecule has 0 atom stereocenters. The van der Waals surface area contributed by atoms with Crippen LogP contribution in [0.5, 0.6) is 11.5 Å². The first-order valence-corrected chi connectivity index (χ1v) is 4.77. The lowest BCUT2D eigenvalue weighted by atomic mass is 10.1. The van der Waals surface area contributed by atoms with Crippen LogP contribution < -0.4 is 4.74 Å². The summed E-state index contributed by atoms with van der Waals surface area (Å²) in [5.41, 5.74) is 1.08. The number of aliphatic hydroxyl groups excluding tert-OH is 1. The molecule has 0 fully saturated rings. The van der Waals surface area contributed by atoms with Gasteiger partial charge in [-0.25, -0.2) is 0 Å². The van der Waals surface area contributed by atoms with E-state index in [1.807, 2.05) is 12.1 Å². The van der Waals surface area contributed by atoms with Crippen LogP contribution >= 0.6 is 0 Å². The summed E-state index contributed by atoms with van der Waals surface area (Å²) in [6.07, 6.45) is 2.60. The van der Waals surface area contributed by atoms with E-state index in [9.17, 15) is 5.11 Å². The van der Waals surface area contributed by atoms with Gasteiger partial charge in [-0.1, -0.05) is 12.1 Å². The Morgan fingerprint density at radius 1 is 1.47 bits per heavy atom. The summed E-state index contributed by atoms with van der Waals surface area (Å²) in [6, 6.07) is 5.27. The van der Waals surface area contributed by atoms with E-state index in [4.69, 9.17) is 9.84 Å². The third kappa shape index (κ3) is 5.08. The molecule has 0 radical (unpaired) electrons. The maximum atomic E-state index is 9.25. The Balaban J connectivity index is 0.000000583. The number of phenolic OH excluding ortho intramolecular Hbond substituents is 1. The molecular weight excluding hydrogens is 192 g/mol. The van der Waals surface area contributed by atoms with E-state index < -0.39 is 0 Å². The molecule has 0 amide bonds. The van der Waals surface area contributed by atoms with Crippen LogP contribution in [0.3, 0.4) is 0 Å². The van der Waals surface area contributed by atoms with Crippen molar-refractivity contribution in [1.82, 2.24) is 0 Å². The molecule has 0 saturated heterocycles. The molecule has 0 bridgehead atoms. The van der Waals surface area contributed by atoms with E-state index in [0.717, 1.165) is 12.0 Å². The van der Waals surface area contributed by atoms with Crippen molar-refractivity contribution in [1.29, 1.82) is 0 Å². The van der Waals surface area contributed by atoms with Gasteiger partial charge in [0.2, 0.25) is 0 Å². The van der Waals surface area contributed by atoms with Crippen LogP contribution in [0.15, 0.2) is 30.9 Å². The predicted octanol–water partition coefficient (Wildman–Crippen LogP) is 2.13.